The van der Waals surface area contributed by atoms with Crippen molar-refractivity contribution < 1.29 is 0 Å². The molecular weight excluding hydrogens is 186 g/mol. The van der Waals surface area contributed by atoms with Crippen molar-refractivity contribution in [2.75, 3.05) is 13.1 Å². The number of hydrogen-bond acceptors (Lipinski definition) is 2. The molecule has 1 aliphatic rings. The molecule has 0 radical (unpaired) electrons. The molecule has 0 aromatic carbocycles. The Kier molecular flexibility index (Phi) is 3.10. The van der Waals surface area contributed by atoms with E-state index in [2.05, 4.69) is 30.5 Å². The summed E-state index contributed by atoms with van der Waals surface area (Å²) in [6, 6.07) is 0. The van der Waals surface area contributed by atoms with E-state index in [0.717, 1.165) is 24.8 Å². The van der Waals surface area contributed by atoms with Crippen molar-refractivity contribution in [3.05, 3.63) is 17.5 Å². The first-order chi connectivity index (χ1) is 7.26. The van der Waals surface area contributed by atoms with Crippen LogP contribution >= 0.6 is 0 Å². The third kappa shape index (κ3) is 2.23. The minimum atomic E-state index is 0.771. The second-order valence-electron chi connectivity index (χ2n) is 4.47. The number of rotatable bonds is 5. The van der Waals surface area contributed by atoms with Gasteiger partial charge in [-0.05, 0) is 43.3 Å². The van der Waals surface area contributed by atoms with Gasteiger partial charge in [0.05, 0.1) is 5.69 Å². The summed E-state index contributed by atoms with van der Waals surface area (Å²) >= 11 is 0. The molecule has 1 aromatic heterocycles. The molecule has 2 atom stereocenters. The average Bonchev–Trinajstić information content (AvgIpc) is 2.90. The van der Waals surface area contributed by atoms with E-state index < -0.39 is 0 Å². The molecule has 3 heteroatoms. The molecule has 0 saturated heterocycles. The first-order valence-corrected chi connectivity index (χ1v) is 5.99. The molecule has 1 saturated carbocycles. The smallest absolute Gasteiger partial charge is 0.0656 e. The molecule has 1 aromatic rings. The molecule has 0 bridgehead atoms. The maximum Gasteiger partial charge on any atom is 0.0656 e. The van der Waals surface area contributed by atoms with Gasteiger partial charge < -0.3 is 5.32 Å². The highest BCUT2D eigenvalue weighted by molar-refractivity contribution is 5.28. The van der Waals surface area contributed by atoms with E-state index in [-0.39, 0.29) is 0 Å². The van der Waals surface area contributed by atoms with Gasteiger partial charge in [-0.15, -0.1) is 0 Å². The van der Waals surface area contributed by atoms with Gasteiger partial charge in [0.15, 0.2) is 0 Å². The van der Waals surface area contributed by atoms with Crippen LogP contribution in [-0.2, 0) is 13.5 Å². The zero-order chi connectivity index (χ0) is 10.8. The van der Waals surface area contributed by atoms with E-state index in [1.54, 1.807) is 0 Å². The van der Waals surface area contributed by atoms with E-state index in [4.69, 9.17) is 0 Å². The predicted octanol–water partition coefficient (Wildman–Crippen LogP) is 1.70. The zero-order valence-electron chi connectivity index (χ0n) is 9.95. The largest absolute Gasteiger partial charge is 0.317 e. The van der Waals surface area contributed by atoms with Gasteiger partial charge >= 0.3 is 0 Å². The summed E-state index contributed by atoms with van der Waals surface area (Å²) in [6.07, 6.45) is 4.60. The Balaban J connectivity index is 1.99. The quantitative estimate of drug-likeness (QED) is 0.796. The van der Waals surface area contributed by atoms with E-state index in [1.807, 2.05) is 11.7 Å². The lowest BCUT2D eigenvalue weighted by Gasteiger charge is -2.00. The number of aryl methyl sites for hydroxylation is 2. The fraction of sp³-hybridized carbons (Fsp3) is 0.750. The van der Waals surface area contributed by atoms with Crippen molar-refractivity contribution in [2.45, 2.75) is 32.6 Å². The maximum absolute atomic E-state index is 4.50. The Labute approximate surface area is 91.9 Å². The van der Waals surface area contributed by atoms with E-state index in [1.165, 1.54) is 24.2 Å². The Morgan fingerprint density at radius 1 is 1.53 bits per heavy atom. The van der Waals surface area contributed by atoms with Crippen LogP contribution in [0.5, 0.6) is 0 Å². The summed E-state index contributed by atoms with van der Waals surface area (Å²) in [4.78, 5) is 0. The molecule has 2 unspecified atom stereocenters. The molecule has 1 aliphatic carbocycles. The lowest BCUT2D eigenvalue weighted by atomic mass is 10.1. The Morgan fingerprint density at radius 3 is 3.00 bits per heavy atom. The predicted molar refractivity (Wildman–Crippen MR) is 62.0 cm³/mol. The average molecular weight is 207 g/mol. The minimum Gasteiger partial charge on any atom is -0.317 e. The molecule has 0 spiro atoms. The molecule has 0 amide bonds. The van der Waals surface area contributed by atoms with Crippen LogP contribution in [0.2, 0.25) is 0 Å². The van der Waals surface area contributed by atoms with E-state index in [0.29, 0.717) is 0 Å². The maximum atomic E-state index is 4.50. The van der Waals surface area contributed by atoms with E-state index >= 15 is 0 Å². The Hall–Kier alpha value is -0.830. The third-order valence-corrected chi connectivity index (χ3v) is 3.25. The van der Waals surface area contributed by atoms with Crippen LogP contribution in [0.1, 0.15) is 37.4 Å². The minimum absolute atomic E-state index is 0.771. The highest BCUT2D eigenvalue weighted by Gasteiger charge is 2.39. The summed E-state index contributed by atoms with van der Waals surface area (Å²) in [5.41, 5.74) is 2.78. The standard InChI is InChI=1S/C12H21N3/c1-4-12-11(8-15(3)14-12)10-6-9(10)7-13-5-2/h8-10,13H,4-7H2,1-3H3. The summed E-state index contributed by atoms with van der Waals surface area (Å²) in [6.45, 7) is 6.60. The highest BCUT2D eigenvalue weighted by Crippen LogP contribution is 2.47. The van der Waals surface area contributed by atoms with Gasteiger partial charge in [-0.3, -0.25) is 4.68 Å². The zero-order valence-corrected chi connectivity index (χ0v) is 9.95. The highest BCUT2D eigenvalue weighted by atomic mass is 15.3. The van der Waals surface area contributed by atoms with Gasteiger partial charge in [-0.1, -0.05) is 13.8 Å². The third-order valence-electron chi connectivity index (χ3n) is 3.25. The van der Waals surface area contributed by atoms with E-state index in [9.17, 15) is 0 Å². The first-order valence-electron chi connectivity index (χ1n) is 5.99. The lowest BCUT2D eigenvalue weighted by Crippen LogP contribution is -2.16. The van der Waals surface area contributed by atoms with Crippen molar-refractivity contribution in [3.63, 3.8) is 0 Å². The summed E-state index contributed by atoms with van der Waals surface area (Å²) in [5.74, 6) is 1.62. The van der Waals surface area contributed by atoms with Gasteiger partial charge in [0, 0.05) is 13.2 Å². The summed E-state index contributed by atoms with van der Waals surface area (Å²) in [5, 5.41) is 7.93. The van der Waals surface area contributed by atoms with Crippen LogP contribution in [0.4, 0.5) is 0 Å². The van der Waals surface area contributed by atoms with Crippen molar-refractivity contribution in [1.82, 2.24) is 15.1 Å². The Morgan fingerprint density at radius 2 is 2.33 bits per heavy atom. The lowest BCUT2D eigenvalue weighted by molar-refractivity contribution is 0.648. The van der Waals surface area contributed by atoms with Crippen molar-refractivity contribution in [2.24, 2.45) is 13.0 Å². The normalized spacial score (nSPS) is 24.5. The Bertz CT molecular complexity index is 330. The van der Waals surface area contributed by atoms with Gasteiger partial charge in [0.2, 0.25) is 0 Å². The number of nitrogens with zero attached hydrogens (tertiary/aromatic N) is 2. The van der Waals surface area contributed by atoms with Crippen LogP contribution < -0.4 is 5.32 Å². The summed E-state index contributed by atoms with van der Waals surface area (Å²) < 4.78 is 1.96. The fourth-order valence-corrected chi connectivity index (χ4v) is 2.32. The van der Waals surface area contributed by atoms with Crippen LogP contribution in [0.25, 0.3) is 0 Å². The fourth-order valence-electron chi connectivity index (χ4n) is 2.32. The molecule has 1 fully saturated rings. The molecular formula is C12H21N3. The number of hydrogen-bond donors (Lipinski definition) is 1. The van der Waals surface area contributed by atoms with Gasteiger partial charge in [0.25, 0.3) is 0 Å². The monoisotopic (exact) mass is 207 g/mol. The molecule has 2 rings (SSSR count). The van der Waals surface area contributed by atoms with Crippen LogP contribution in [0.3, 0.4) is 0 Å². The molecule has 0 aliphatic heterocycles. The number of aromatic nitrogens is 2. The second-order valence-corrected chi connectivity index (χ2v) is 4.47. The van der Waals surface area contributed by atoms with Gasteiger partial charge in [-0.2, -0.15) is 5.10 Å². The van der Waals surface area contributed by atoms with Crippen molar-refractivity contribution >= 4 is 0 Å². The van der Waals surface area contributed by atoms with Gasteiger partial charge in [-0.25, -0.2) is 0 Å². The molecule has 3 nitrogen and oxygen atoms in total. The second kappa shape index (κ2) is 4.35. The topological polar surface area (TPSA) is 29.9 Å². The molecule has 1 heterocycles. The van der Waals surface area contributed by atoms with Crippen LogP contribution in [0.15, 0.2) is 6.20 Å². The molecule has 15 heavy (non-hydrogen) atoms. The first kappa shape index (κ1) is 10.7. The van der Waals surface area contributed by atoms with Gasteiger partial charge in [0.1, 0.15) is 0 Å². The molecule has 84 valence electrons. The summed E-state index contributed by atoms with van der Waals surface area (Å²) in [7, 11) is 2.02. The molecule has 1 N–H and O–H groups in total. The van der Waals surface area contributed by atoms with Crippen molar-refractivity contribution in [3.8, 4) is 0 Å². The van der Waals surface area contributed by atoms with Crippen LogP contribution in [0, 0.1) is 5.92 Å². The SMILES string of the molecule is CCNCC1CC1c1cn(C)nc1CC. The number of nitrogens with one attached hydrogen (secondary N) is 1. The van der Waals surface area contributed by atoms with Crippen LogP contribution in [-0.4, -0.2) is 22.9 Å². The van der Waals surface area contributed by atoms with Crippen molar-refractivity contribution in [1.29, 1.82) is 0 Å².